The molecule has 18 heavy (non-hydrogen) atoms. The van der Waals surface area contributed by atoms with Gasteiger partial charge in [0.25, 0.3) is 0 Å². The highest BCUT2D eigenvalue weighted by molar-refractivity contribution is 7.16. The lowest BCUT2D eigenvalue weighted by Crippen LogP contribution is -2.09. The molecule has 0 saturated heterocycles. The molecule has 0 aliphatic rings. The van der Waals surface area contributed by atoms with Gasteiger partial charge >= 0.3 is 0 Å². The zero-order valence-electron chi connectivity index (χ0n) is 8.84. The van der Waals surface area contributed by atoms with E-state index >= 15 is 0 Å². The summed E-state index contributed by atoms with van der Waals surface area (Å²) in [6.45, 7) is 0. The molecule has 0 aliphatic carbocycles. The Balaban J connectivity index is 2.29. The van der Waals surface area contributed by atoms with E-state index in [2.05, 4.69) is 0 Å². The predicted molar refractivity (Wildman–Crippen MR) is 63.7 cm³/mol. The second-order valence-corrected chi connectivity index (χ2v) is 5.35. The average molecular weight is 291 g/mol. The van der Waals surface area contributed by atoms with Crippen LogP contribution in [0.3, 0.4) is 0 Å². The Morgan fingerprint density at radius 2 is 1.78 bits per heavy atom. The summed E-state index contributed by atoms with van der Waals surface area (Å²) in [6.07, 6.45) is -0.170. The van der Waals surface area contributed by atoms with Gasteiger partial charge in [0.15, 0.2) is 5.78 Å². The monoisotopic (exact) mass is 290 g/mol. The van der Waals surface area contributed by atoms with Crippen molar-refractivity contribution in [3.63, 3.8) is 0 Å². The molecule has 1 aromatic carbocycles. The average Bonchev–Trinajstić information content (AvgIpc) is 2.62. The van der Waals surface area contributed by atoms with Crippen molar-refractivity contribution in [2.24, 2.45) is 0 Å². The highest BCUT2D eigenvalue weighted by Crippen LogP contribution is 2.24. The topological polar surface area (TPSA) is 17.1 Å². The number of thiophene rings is 1. The molecule has 1 heterocycles. The van der Waals surface area contributed by atoms with Gasteiger partial charge in [0.2, 0.25) is 0 Å². The first-order valence-electron chi connectivity index (χ1n) is 4.89. The van der Waals surface area contributed by atoms with Crippen molar-refractivity contribution in [2.45, 2.75) is 6.42 Å². The zero-order chi connectivity index (χ0) is 13.3. The predicted octanol–water partition coefficient (Wildman–Crippen LogP) is 4.24. The fourth-order valence-corrected chi connectivity index (χ4v) is 2.59. The number of carbonyl (C=O) groups excluding carboxylic acids is 1. The number of ketones is 1. The van der Waals surface area contributed by atoms with Crippen LogP contribution in [0.4, 0.5) is 13.2 Å². The van der Waals surface area contributed by atoms with Crippen molar-refractivity contribution in [3.8, 4) is 0 Å². The van der Waals surface area contributed by atoms with Crippen LogP contribution in [-0.4, -0.2) is 5.78 Å². The summed E-state index contributed by atoms with van der Waals surface area (Å²) < 4.78 is 39.9. The molecule has 0 bridgehead atoms. The largest absolute Gasteiger partial charge is 0.294 e. The Hall–Kier alpha value is -1.33. The minimum absolute atomic E-state index is 0.170. The molecule has 0 amide bonds. The standard InChI is InChI=1S/C12H6ClF3OS/c13-11-2-1-7(18-11)5-10(17)12-8(15)3-6(14)4-9(12)16/h1-4H,5H2. The molecule has 2 aromatic rings. The van der Waals surface area contributed by atoms with Gasteiger partial charge in [0, 0.05) is 23.4 Å². The zero-order valence-corrected chi connectivity index (χ0v) is 10.4. The molecule has 6 heteroatoms. The first-order chi connectivity index (χ1) is 8.47. The van der Waals surface area contributed by atoms with Gasteiger partial charge in [-0.3, -0.25) is 4.79 Å². The third-order valence-electron chi connectivity index (χ3n) is 2.25. The smallest absolute Gasteiger partial charge is 0.173 e. The summed E-state index contributed by atoms with van der Waals surface area (Å²) in [5.41, 5.74) is -0.721. The summed E-state index contributed by atoms with van der Waals surface area (Å²) in [7, 11) is 0. The maximum Gasteiger partial charge on any atom is 0.173 e. The number of Topliss-reactive ketones (excluding diaryl/α,β-unsaturated/α-hetero) is 1. The van der Waals surface area contributed by atoms with E-state index in [1.54, 1.807) is 12.1 Å². The lowest BCUT2D eigenvalue weighted by Gasteiger charge is -2.03. The van der Waals surface area contributed by atoms with E-state index < -0.39 is 28.8 Å². The normalized spacial score (nSPS) is 10.7. The summed E-state index contributed by atoms with van der Waals surface area (Å²) in [4.78, 5) is 12.3. The number of carbonyl (C=O) groups is 1. The fraction of sp³-hybridized carbons (Fsp3) is 0.0833. The Morgan fingerprint density at radius 3 is 2.28 bits per heavy atom. The van der Waals surface area contributed by atoms with Crippen LogP contribution in [0.1, 0.15) is 15.2 Å². The molecule has 94 valence electrons. The minimum atomic E-state index is -1.19. The van der Waals surface area contributed by atoms with Crippen LogP contribution >= 0.6 is 22.9 Å². The van der Waals surface area contributed by atoms with Gasteiger partial charge in [0.1, 0.15) is 17.5 Å². The van der Waals surface area contributed by atoms with E-state index in [1.165, 1.54) is 0 Å². The van der Waals surface area contributed by atoms with E-state index in [-0.39, 0.29) is 6.42 Å². The molecule has 0 N–H and O–H groups in total. The van der Waals surface area contributed by atoms with Crippen LogP contribution in [0, 0.1) is 17.5 Å². The van der Waals surface area contributed by atoms with E-state index in [0.717, 1.165) is 11.3 Å². The molecule has 2 rings (SSSR count). The number of benzene rings is 1. The van der Waals surface area contributed by atoms with E-state index in [1.807, 2.05) is 0 Å². The molecular formula is C12H6ClF3OS. The van der Waals surface area contributed by atoms with Crippen LogP contribution < -0.4 is 0 Å². The highest BCUT2D eigenvalue weighted by atomic mass is 35.5. The Morgan fingerprint density at radius 1 is 1.17 bits per heavy atom. The Labute approximate surface area is 110 Å². The number of halogens is 4. The number of hydrogen-bond donors (Lipinski definition) is 0. The van der Waals surface area contributed by atoms with Gasteiger partial charge in [-0.2, -0.15) is 0 Å². The molecule has 0 saturated carbocycles. The van der Waals surface area contributed by atoms with Crippen LogP contribution in [0.5, 0.6) is 0 Å². The molecule has 0 fully saturated rings. The second-order valence-electron chi connectivity index (χ2n) is 3.55. The van der Waals surface area contributed by atoms with Crippen LogP contribution in [0.2, 0.25) is 4.34 Å². The van der Waals surface area contributed by atoms with Crippen molar-refractivity contribution < 1.29 is 18.0 Å². The van der Waals surface area contributed by atoms with Gasteiger partial charge in [0.05, 0.1) is 9.90 Å². The first kappa shape index (κ1) is 13.1. The molecule has 1 aromatic heterocycles. The van der Waals surface area contributed by atoms with Crippen LogP contribution in [0.25, 0.3) is 0 Å². The van der Waals surface area contributed by atoms with Crippen LogP contribution in [0.15, 0.2) is 24.3 Å². The van der Waals surface area contributed by atoms with Crippen molar-refractivity contribution in [3.05, 3.63) is 56.5 Å². The lowest BCUT2D eigenvalue weighted by atomic mass is 10.1. The van der Waals surface area contributed by atoms with Gasteiger partial charge in [-0.1, -0.05) is 11.6 Å². The molecule has 0 radical (unpaired) electrons. The summed E-state index contributed by atoms with van der Waals surface area (Å²) >= 11 is 6.83. The van der Waals surface area contributed by atoms with Crippen molar-refractivity contribution in [1.82, 2.24) is 0 Å². The Kier molecular flexibility index (Phi) is 3.73. The first-order valence-corrected chi connectivity index (χ1v) is 6.09. The summed E-state index contributed by atoms with van der Waals surface area (Å²) in [5, 5.41) is 0. The van der Waals surface area contributed by atoms with E-state index in [9.17, 15) is 18.0 Å². The summed E-state index contributed by atoms with van der Waals surface area (Å²) in [6, 6.07) is 4.16. The molecule has 0 atom stereocenters. The second kappa shape index (κ2) is 5.12. The third kappa shape index (κ3) is 2.73. The van der Waals surface area contributed by atoms with Gasteiger partial charge in [-0.15, -0.1) is 11.3 Å². The van der Waals surface area contributed by atoms with Gasteiger partial charge in [-0.05, 0) is 12.1 Å². The Bertz CT molecular complexity index is 586. The maximum absolute atomic E-state index is 13.3. The number of rotatable bonds is 3. The molecule has 0 unspecified atom stereocenters. The highest BCUT2D eigenvalue weighted by Gasteiger charge is 2.19. The molecule has 0 spiro atoms. The van der Waals surface area contributed by atoms with Crippen molar-refractivity contribution >= 4 is 28.7 Å². The van der Waals surface area contributed by atoms with E-state index in [4.69, 9.17) is 11.6 Å². The maximum atomic E-state index is 13.3. The number of hydrogen-bond acceptors (Lipinski definition) is 2. The van der Waals surface area contributed by atoms with Gasteiger partial charge in [-0.25, -0.2) is 13.2 Å². The molecule has 0 aliphatic heterocycles. The fourth-order valence-electron chi connectivity index (χ4n) is 1.50. The lowest BCUT2D eigenvalue weighted by molar-refractivity contribution is 0.0985. The van der Waals surface area contributed by atoms with Crippen LogP contribution in [-0.2, 0) is 6.42 Å². The van der Waals surface area contributed by atoms with E-state index in [0.29, 0.717) is 21.3 Å². The molecular weight excluding hydrogens is 285 g/mol. The van der Waals surface area contributed by atoms with Crippen molar-refractivity contribution in [2.75, 3.05) is 0 Å². The quantitative estimate of drug-likeness (QED) is 0.773. The van der Waals surface area contributed by atoms with Gasteiger partial charge < -0.3 is 0 Å². The summed E-state index contributed by atoms with van der Waals surface area (Å²) in [5.74, 6) is -4.19. The van der Waals surface area contributed by atoms with Crippen molar-refractivity contribution in [1.29, 1.82) is 0 Å². The third-order valence-corrected chi connectivity index (χ3v) is 3.48. The molecule has 1 nitrogen and oxygen atoms in total. The SMILES string of the molecule is O=C(Cc1ccc(Cl)s1)c1c(F)cc(F)cc1F. The minimum Gasteiger partial charge on any atom is -0.294 e.